The summed E-state index contributed by atoms with van der Waals surface area (Å²) >= 11 is 1.78. The molecule has 3 aromatic rings. The minimum absolute atomic E-state index is 0.0261. The number of ether oxygens (including phenoxy) is 2. The number of thiophene rings is 1. The van der Waals surface area contributed by atoms with Crippen LogP contribution in [0.3, 0.4) is 0 Å². The van der Waals surface area contributed by atoms with Gasteiger partial charge in [-0.3, -0.25) is 9.69 Å². The Kier molecular flexibility index (Phi) is 6.07. The third kappa shape index (κ3) is 4.39. The lowest BCUT2D eigenvalue weighted by atomic mass is 9.89. The number of hydrogen-bond acceptors (Lipinski definition) is 5. The number of morpholine rings is 1. The molecule has 1 aliphatic heterocycles. The lowest BCUT2D eigenvalue weighted by Gasteiger charge is -2.27. The lowest BCUT2D eigenvalue weighted by Crippen LogP contribution is -2.36. The van der Waals surface area contributed by atoms with E-state index >= 15 is 0 Å². The summed E-state index contributed by atoms with van der Waals surface area (Å²) in [5, 5.41) is 6.69. The molecule has 0 unspecified atom stereocenters. The Labute approximate surface area is 222 Å². The molecule has 7 rings (SSSR count). The average Bonchev–Trinajstić information content (AvgIpc) is 3.40. The molecule has 2 aromatic carbocycles. The van der Waals surface area contributed by atoms with Crippen molar-refractivity contribution in [3.63, 3.8) is 0 Å². The van der Waals surface area contributed by atoms with Crippen molar-refractivity contribution in [3.8, 4) is 16.9 Å². The molecule has 1 spiro atoms. The third-order valence-corrected chi connectivity index (χ3v) is 10.1. The molecule has 5 nitrogen and oxygen atoms in total. The first-order chi connectivity index (χ1) is 18.2. The van der Waals surface area contributed by atoms with Crippen molar-refractivity contribution in [1.82, 2.24) is 10.2 Å². The number of nitrogens with zero attached hydrogens (tertiary/aromatic N) is 1. The maximum atomic E-state index is 12.8. The van der Waals surface area contributed by atoms with E-state index in [9.17, 15) is 4.79 Å². The number of nitrogens with one attached hydrogen (secondary N) is 1. The van der Waals surface area contributed by atoms with Crippen LogP contribution >= 0.6 is 11.3 Å². The second-order valence-corrected chi connectivity index (χ2v) is 12.1. The summed E-state index contributed by atoms with van der Waals surface area (Å²) in [6.07, 6.45) is 8.81. The second-order valence-electron chi connectivity index (χ2n) is 11.2. The summed E-state index contributed by atoms with van der Waals surface area (Å²) < 4.78 is 13.0. The standard InChI is InChI=1S/C31H34N2O3S/c34-30(32-17-22-16-24-6-7-27(22)31(24)9-10-31)19-36-28-8-5-21(15-23(28)18-33-11-13-35-14-12-33)26-20-37-29-4-2-1-3-25(26)29/h1-8,15,20,22,24,27H,9-14,16-19H2,(H,32,34)/t22-,24-,27-/m0/s1. The number of amides is 1. The topological polar surface area (TPSA) is 50.8 Å². The summed E-state index contributed by atoms with van der Waals surface area (Å²) in [4.78, 5) is 15.2. The Morgan fingerprint density at radius 1 is 1.14 bits per heavy atom. The summed E-state index contributed by atoms with van der Waals surface area (Å²) in [6, 6.07) is 15.0. The van der Waals surface area contributed by atoms with E-state index in [1.54, 1.807) is 11.3 Å². The van der Waals surface area contributed by atoms with Crippen molar-refractivity contribution in [2.45, 2.75) is 25.8 Å². The number of hydrogen-bond donors (Lipinski definition) is 1. The number of benzene rings is 2. The van der Waals surface area contributed by atoms with Crippen LogP contribution in [0, 0.1) is 23.2 Å². The van der Waals surface area contributed by atoms with Gasteiger partial charge in [0.05, 0.1) is 13.2 Å². The summed E-state index contributed by atoms with van der Waals surface area (Å²) in [5.74, 6) is 2.77. The summed E-state index contributed by atoms with van der Waals surface area (Å²) in [5.41, 5.74) is 4.13. The molecule has 2 bridgehead atoms. The SMILES string of the molecule is O=C(COc1ccc(-c2csc3ccccc23)cc1CN1CCOCC1)NC[C@@H]1C[C@@H]2C=C[C@@H]1C21CC1. The first kappa shape index (κ1) is 23.4. The largest absolute Gasteiger partial charge is 0.483 e. The average molecular weight is 515 g/mol. The summed E-state index contributed by atoms with van der Waals surface area (Å²) in [6.45, 7) is 4.94. The van der Waals surface area contributed by atoms with Gasteiger partial charge >= 0.3 is 0 Å². The number of carbonyl (C=O) groups is 1. The van der Waals surface area contributed by atoms with Crippen LogP contribution in [0.15, 0.2) is 60.0 Å². The van der Waals surface area contributed by atoms with Gasteiger partial charge in [0.1, 0.15) is 5.75 Å². The zero-order valence-corrected chi connectivity index (χ0v) is 22.0. The van der Waals surface area contributed by atoms with Gasteiger partial charge in [0, 0.05) is 47.4 Å². The first-order valence-corrected chi connectivity index (χ1v) is 14.5. The van der Waals surface area contributed by atoms with Crippen molar-refractivity contribution < 1.29 is 14.3 Å². The third-order valence-electron chi connectivity index (χ3n) is 9.12. The Morgan fingerprint density at radius 3 is 2.84 bits per heavy atom. The fourth-order valence-electron chi connectivity index (χ4n) is 7.01. The van der Waals surface area contributed by atoms with E-state index in [0.717, 1.165) is 56.6 Å². The van der Waals surface area contributed by atoms with Crippen molar-refractivity contribution in [3.05, 3.63) is 65.6 Å². The van der Waals surface area contributed by atoms with Crippen LogP contribution in [0.5, 0.6) is 5.75 Å². The highest BCUT2D eigenvalue weighted by molar-refractivity contribution is 7.17. The lowest BCUT2D eigenvalue weighted by molar-refractivity contribution is -0.123. The molecular weight excluding hydrogens is 480 g/mol. The highest BCUT2D eigenvalue weighted by Crippen LogP contribution is 2.69. The van der Waals surface area contributed by atoms with Crippen molar-refractivity contribution >= 4 is 27.3 Å². The van der Waals surface area contributed by atoms with Gasteiger partial charge in [-0.1, -0.05) is 36.4 Å². The normalized spacial score (nSPS) is 25.7. The molecular formula is C31H34N2O3S. The van der Waals surface area contributed by atoms with Crippen molar-refractivity contribution in [1.29, 1.82) is 0 Å². The fourth-order valence-corrected chi connectivity index (χ4v) is 7.98. The van der Waals surface area contributed by atoms with Gasteiger partial charge in [0.2, 0.25) is 0 Å². The quantitative estimate of drug-likeness (QED) is 0.404. The molecule has 192 valence electrons. The molecule has 3 aliphatic carbocycles. The minimum Gasteiger partial charge on any atom is -0.483 e. The maximum absolute atomic E-state index is 12.8. The van der Waals surface area contributed by atoms with E-state index < -0.39 is 0 Å². The number of rotatable bonds is 8. The van der Waals surface area contributed by atoms with Crippen LogP contribution in [-0.4, -0.2) is 50.3 Å². The van der Waals surface area contributed by atoms with Gasteiger partial charge in [0.15, 0.2) is 6.61 Å². The first-order valence-electron chi connectivity index (χ1n) is 13.7. The highest BCUT2D eigenvalue weighted by Gasteiger charge is 2.62. The zero-order valence-electron chi connectivity index (χ0n) is 21.2. The van der Waals surface area contributed by atoms with E-state index in [1.165, 1.54) is 40.5 Å². The van der Waals surface area contributed by atoms with E-state index in [2.05, 4.69) is 64.1 Å². The molecule has 1 saturated heterocycles. The van der Waals surface area contributed by atoms with E-state index in [0.29, 0.717) is 17.3 Å². The molecule has 1 amide bonds. The van der Waals surface area contributed by atoms with Crippen molar-refractivity contribution in [2.75, 3.05) is 39.5 Å². The molecule has 1 N–H and O–H groups in total. The molecule has 4 aliphatic rings. The molecule has 2 heterocycles. The van der Waals surface area contributed by atoms with Gasteiger partial charge in [-0.05, 0) is 71.6 Å². The Balaban J connectivity index is 1.04. The fraction of sp³-hybridized carbons (Fsp3) is 0.452. The van der Waals surface area contributed by atoms with Crippen LogP contribution in [0.4, 0.5) is 0 Å². The minimum atomic E-state index is -0.0261. The van der Waals surface area contributed by atoms with Gasteiger partial charge in [-0.25, -0.2) is 0 Å². The molecule has 0 radical (unpaired) electrons. The zero-order chi connectivity index (χ0) is 24.8. The Morgan fingerprint density at radius 2 is 2.00 bits per heavy atom. The van der Waals surface area contributed by atoms with Crippen LogP contribution in [-0.2, 0) is 16.1 Å². The monoisotopic (exact) mass is 514 g/mol. The Bertz CT molecular complexity index is 1340. The van der Waals surface area contributed by atoms with Crippen molar-refractivity contribution in [2.24, 2.45) is 23.2 Å². The van der Waals surface area contributed by atoms with Crippen LogP contribution < -0.4 is 10.1 Å². The highest BCUT2D eigenvalue weighted by atomic mass is 32.1. The van der Waals surface area contributed by atoms with E-state index in [1.807, 2.05) is 6.07 Å². The predicted molar refractivity (Wildman–Crippen MR) is 148 cm³/mol. The van der Waals surface area contributed by atoms with Gasteiger partial charge in [-0.15, -0.1) is 11.3 Å². The number of carbonyl (C=O) groups excluding carboxylic acids is 1. The Hall–Kier alpha value is -2.67. The maximum Gasteiger partial charge on any atom is 0.257 e. The van der Waals surface area contributed by atoms with E-state index in [-0.39, 0.29) is 12.5 Å². The molecule has 3 fully saturated rings. The van der Waals surface area contributed by atoms with Crippen LogP contribution in [0.1, 0.15) is 24.8 Å². The van der Waals surface area contributed by atoms with Gasteiger partial charge in [0.25, 0.3) is 5.91 Å². The second kappa shape index (κ2) is 9.57. The summed E-state index contributed by atoms with van der Waals surface area (Å²) in [7, 11) is 0. The van der Waals surface area contributed by atoms with E-state index in [4.69, 9.17) is 9.47 Å². The number of allylic oxidation sites excluding steroid dienone is 2. The van der Waals surface area contributed by atoms with Gasteiger partial charge < -0.3 is 14.8 Å². The molecule has 37 heavy (non-hydrogen) atoms. The van der Waals surface area contributed by atoms with Crippen LogP contribution in [0.25, 0.3) is 21.2 Å². The molecule has 3 atom stereocenters. The van der Waals surface area contributed by atoms with Crippen LogP contribution in [0.2, 0.25) is 0 Å². The predicted octanol–water partition coefficient (Wildman–Crippen LogP) is 5.50. The molecule has 1 aromatic heterocycles. The van der Waals surface area contributed by atoms with Gasteiger partial charge in [-0.2, -0.15) is 0 Å². The molecule has 2 saturated carbocycles. The molecule has 6 heteroatoms. The number of fused-ring (bicyclic) bond motifs is 1. The smallest absolute Gasteiger partial charge is 0.257 e.